The fourth-order valence-corrected chi connectivity index (χ4v) is 4.65. The van der Waals surface area contributed by atoms with Gasteiger partial charge in [0.15, 0.2) is 5.82 Å². The van der Waals surface area contributed by atoms with Gasteiger partial charge in [0.25, 0.3) is 0 Å². The summed E-state index contributed by atoms with van der Waals surface area (Å²) in [5.41, 5.74) is 4.71. The monoisotopic (exact) mass is 439 g/mol. The Kier molecular flexibility index (Phi) is 5.44. The van der Waals surface area contributed by atoms with E-state index in [1.54, 1.807) is 6.20 Å². The SMILES string of the molecule is CCn1nnnc1-c1ccc(C(C)(c2ccc(OCc3ccccn3)cc2)C2(C)CC2)cc1. The van der Waals surface area contributed by atoms with Crippen LogP contribution in [-0.4, -0.2) is 25.2 Å². The molecule has 1 unspecified atom stereocenters. The van der Waals surface area contributed by atoms with Crippen molar-refractivity contribution in [1.29, 1.82) is 0 Å². The Hall–Kier alpha value is -3.54. The van der Waals surface area contributed by atoms with E-state index in [4.69, 9.17) is 4.74 Å². The summed E-state index contributed by atoms with van der Waals surface area (Å²) in [7, 11) is 0. The van der Waals surface area contributed by atoms with E-state index in [0.29, 0.717) is 6.61 Å². The van der Waals surface area contributed by atoms with Crippen LogP contribution in [0.2, 0.25) is 0 Å². The smallest absolute Gasteiger partial charge is 0.181 e. The maximum absolute atomic E-state index is 5.96. The van der Waals surface area contributed by atoms with Gasteiger partial charge >= 0.3 is 0 Å². The van der Waals surface area contributed by atoms with Gasteiger partial charge in [0.2, 0.25) is 0 Å². The highest BCUT2D eigenvalue weighted by atomic mass is 16.5. The van der Waals surface area contributed by atoms with Crippen LogP contribution in [0.3, 0.4) is 0 Å². The molecule has 0 aliphatic heterocycles. The van der Waals surface area contributed by atoms with E-state index in [1.165, 1.54) is 24.0 Å². The lowest BCUT2D eigenvalue weighted by Crippen LogP contribution is -2.33. The maximum Gasteiger partial charge on any atom is 0.181 e. The Morgan fingerprint density at radius 1 is 0.970 bits per heavy atom. The molecule has 0 saturated heterocycles. The van der Waals surface area contributed by atoms with Crippen LogP contribution in [0.1, 0.15) is 50.4 Å². The van der Waals surface area contributed by atoms with Gasteiger partial charge in [-0.1, -0.05) is 56.3 Å². The van der Waals surface area contributed by atoms with Crippen LogP contribution in [0, 0.1) is 5.41 Å². The second kappa shape index (κ2) is 8.43. The highest BCUT2D eigenvalue weighted by Gasteiger charge is 2.54. The fraction of sp³-hybridized carbons (Fsp3) is 0.333. The zero-order valence-electron chi connectivity index (χ0n) is 19.4. The summed E-state index contributed by atoms with van der Waals surface area (Å²) in [6.07, 6.45) is 4.23. The van der Waals surface area contributed by atoms with Crippen LogP contribution in [0.15, 0.2) is 72.9 Å². The van der Waals surface area contributed by atoms with E-state index < -0.39 is 0 Å². The average Bonchev–Trinajstić information content (AvgIpc) is 3.45. The third-order valence-corrected chi connectivity index (χ3v) is 7.30. The minimum atomic E-state index is -0.0955. The van der Waals surface area contributed by atoms with Crippen molar-refractivity contribution in [2.24, 2.45) is 5.41 Å². The predicted octanol–water partition coefficient (Wildman–Crippen LogP) is 5.44. The average molecular weight is 440 g/mol. The maximum atomic E-state index is 5.96. The van der Waals surface area contributed by atoms with Gasteiger partial charge in [-0.2, -0.15) is 0 Å². The third kappa shape index (κ3) is 3.90. The normalized spacial score (nSPS) is 16.2. The van der Waals surface area contributed by atoms with Crippen molar-refractivity contribution in [3.63, 3.8) is 0 Å². The van der Waals surface area contributed by atoms with Gasteiger partial charge in [-0.05, 0) is 71.0 Å². The van der Waals surface area contributed by atoms with Gasteiger partial charge in [0.05, 0.1) is 5.69 Å². The van der Waals surface area contributed by atoms with Crippen molar-refractivity contribution in [3.05, 3.63) is 89.7 Å². The number of rotatable bonds is 8. The van der Waals surface area contributed by atoms with E-state index in [2.05, 4.69) is 82.9 Å². The standard InChI is InChI=1S/C27H29N5O/c1-4-32-25(29-30-31-32)20-8-10-21(11-9-20)27(3,26(2)16-17-26)22-12-14-24(15-13-22)33-19-23-7-5-6-18-28-23/h5-15,18H,4,16-17,19H2,1-3H3. The molecule has 1 saturated carbocycles. The molecule has 5 rings (SSSR count). The molecule has 6 heteroatoms. The Balaban J connectivity index is 1.41. The molecular formula is C27H29N5O. The molecule has 0 radical (unpaired) electrons. The molecule has 1 fully saturated rings. The van der Waals surface area contributed by atoms with E-state index in [9.17, 15) is 0 Å². The largest absolute Gasteiger partial charge is 0.487 e. The van der Waals surface area contributed by atoms with Crippen LogP contribution < -0.4 is 4.74 Å². The van der Waals surface area contributed by atoms with Crippen molar-refractivity contribution in [2.45, 2.75) is 52.2 Å². The van der Waals surface area contributed by atoms with E-state index in [1.807, 2.05) is 29.8 Å². The topological polar surface area (TPSA) is 65.7 Å². The first-order valence-electron chi connectivity index (χ1n) is 11.5. The number of nitrogens with zero attached hydrogens (tertiary/aromatic N) is 5. The van der Waals surface area contributed by atoms with Gasteiger partial charge < -0.3 is 4.74 Å². The van der Waals surface area contributed by atoms with Gasteiger partial charge in [-0.25, -0.2) is 4.68 Å². The lowest BCUT2D eigenvalue weighted by atomic mass is 9.65. The number of hydrogen-bond donors (Lipinski definition) is 0. The number of benzene rings is 2. The molecule has 0 bridgehead atoms. The van der Waals surface area contributed by atoms with Crippen LogP contribution in [0.4, 0.5) is 0 Å². The molecule has 2 aromatic heterocycles. The van der Waals surface area contributed by atoms with Crippen molar-refractivity contribution in [1.82, 2.24) is 25.2 Å². The van der Waals surface area contributed by atoms with Crippen molar-refractivity contribution in [2.75, 3.05) is 0 Å². The number of ether oxygens (including phenoxy) is 1. The lowest BCUT2D eigenvalue weighted by molar-refractivity contribution is 0.300. The van der Waals surface area contributed by atoms with E-state index in [-0.39, 0.29) is 10.8 Å². The van der Waals surface area contributed by atoms with Crippen LogP contribution in [0.5, 0.6) is 5.75 Å². The van der Waals surface area contributed by atoms with Gasteiger partial charge in [-0.15, -0.1) is 5.10 Å². The molecule has 2 heterocycles. The lowest BCUT2D eigenvalue weighted by Gasteiger charge is -2.38. The molecule has 0 spiro atoms. The first-order valence-corrected chi connectivity index (χ1v) is 11.5. The highest BCUT2D eigenvalue weighted by molar-refractivity contribution is 5.57. The Morgan fingerprint density at radius 2 is 1.67 bits per heavy atom. The number of pyridine rings is 1. The zero-order chi connectivity index (χ0) is 22.9. The molecule has 2 aromatic carbocycles. The van der Waals surface area contributed by atoms with Gasteiger partial charge in [-0.3, -0.25) is 4.98 Å². The Morgan fingerprint density at radius 3 is 2.27 bits per heavy atom. The second-order valence-electron chi connectivity index (χ2n) is 9.22. The molecule has 168 valence electrons. The minimum absolute atomic E-state index is 0.0955. The van der Waals surface area contributed by atoms with Crippen LogP contribution in [-0.2, 0) is 18.6 Å². The number of hydrogen-bond acceptors (Lipinski definition) is 5. The highest BCUT2D eigenvalue weighted by Crippen LogP contribution is 2.62. The summed E-state index contributed by atoms with van der Waals surface area (Å²) in [5, 5.41) is 12.1. The molecule has 6 nitrogen and oxygen atoms in total. The summed E-state index contributed by atoms with van der Waals surface area (Å²) >= 11 is 0. The quantitative estimate of drug-likeness (QED) is 0.366. The minimum Gasteiger partial charge on any atom is -0.487 e. The third-order valence-electron chi connectivity index (χ3n) is 7.30. The molecule has 1 aliphatic carbocycles. The second-order valence-corrected chi connectivity index (χ2v) is 9.22. The van der Waals surface area contributed by atoms with Gasteiger partial charge in [0, 0.05) is 23.7 Å². The molecule has 1 aliphatic rings. The van der Waals surface area contributed by atoms with Crippen molar-refractivity contribution in [3.8, 4) is 17.1 Å². The van der Waals surface area contributed by atoms with E-state index >= 15 is 0 Å². The van der Waals surface area contributed by atoms with Gasteiger partial charge in [0.1, 0.15) is 12.4 Å². The summed E-state index contributed by atoms with van der Waals surface area (Å²) in [6, 6.07) is 23.2. The molecule has 33 heavy (non-hydrogen) atoms. The zero-order valence-corrected chi connectivity index (χ0v) is 19.4. The summed E-state index contributed by atoms with van der Waals surface area (Å²) in [6.45, 7) is 8.02. The molecule has 0 amide bonds. The Bertz CT molecular complexity index is 1210. The first kappa shape index (κ1) is 21.3. The molecule has 4 aromatic rings. The molecule has 1 atom stereocenters. The predicted molar refractivity (Wildman–Crippen MR) is 128 cm³/mol. The first-order chi connectivity index (χ1) is 16.0. The summed E-state index contributed by atoms with van der Waals surface area (Å²) < 4.78 is 7.78. The molecule has 0 N–H and O–H groups in total. The van der Waals surface area contributed by atoms with Crippen LogP contribution in [0.25, 0.3) is 11.4 Å². The van der Waals surface area contributed by atoms with E-state index in [0.717, 1.165) is 29.4 Å². The number of aromatic nitrogens is 5. The number of tetrazole rings is 1. The fourth-order valence-electron chi connectivity index (χ4n) is 4.65. The van der Waals surface area contributed by atoms with Crippen LogP contribution >= 0.6 is 0 Å². The Labute approximate surface area is 194 Å². The molecular weight excluding hydrogens is 410 g/mol. The van der Waals surface area contributed by atoms with Crippen molar-refractivity contribution < 1.29 is 4.74 Å². The summed E-state index contributed by atoms with van der Waals surface area (Å²) in [4.78, 5) is 4.33. The van der Waals surface area contributed by atoms with Crippen molar-refractivity contribution >= 4 is 0 Å². The number of aryl methyl sites for hydroxylation is 1. The summed E-state index contributed by atoms with van der Waals surface area (Å²) in [5.74, 6) is 1.66.